The van der Waals surface area contributed by atoms with Crippen LogP contribution in [0, 0.1) is 11.3 Å². The number of anilines is 3. The van der Waals surface area contributed by atoms with Gasteiger partial charge in [0.1, 0.15) is 17.6 Å². The van der Waals surface area contributed by atoms with E-state index in [9.17, 15) is 22.8 Å². The Balaban J connectivity index is 1.31. The molecule has 2 aromatic heterocycles. The summed E-state index contributed by atoms with van der Waals surface area (Å²) in [5, 5.41) is 13.9. The minimum Gasteiger partial charge on any atom is -0.406 e. The molecular formula is C23H21F3N8O3. The molecule has 0 unspecified atom stereocenters. The number of pyridine rings is 1. The third-order valence-electron chi connectivity index (χ3n) is 5.42. The number of nitrogens with zero attached hydrogens (tertiary/aromatic N) is 6. The molecule has 3 amide bonds. The van der Waals surface area contributed by atoms with Crippen LogP contribution in [0.5, 0.6) is 5.75 Å². The van der Waals surface area contributed by atoms with Gasteiger partial charge in [0.15, 0.2) is 5.82 Å². The molecule has 4 rings (SSSR count). The fourth-order valence-electron chi connectivity index (χ4n) is 3.66. The molecule has 2 N–H and O–H groups in total. The Morgan fingerprint density at radius 2 is 1.76 bits per heavy atom. The highest BCUT2D eigenvalue weighted by atomic mass is 19.4. The van der Waals surface area contributed by atoms with E-state index in [0.717, 1.165) is 18.0 Å². The van der Waals surface area contributed by atoms with Crippen molar-refractivity contribution in [2.45, 2.75) is 6.36 Å². The summed E-state index contributed by atoms with van der Waals surface area (Å²) in [5.41, 5.74) is 0.702. The van der Waals surface area contributed by atoms with E-state index < -0.39 is 18.1 Å². The standard InChI is InChI=1S/C23H21F3N8O3/c1-32-14-18(31-22(36)29-16-3-5-17(6-4-16)37-23(24,25)26)30-20(32)21(35)34-10-8-33(9-11-34)19-7-2-15(12-27)13-28-19/h2-7,13-14H,8-11H2,1H3,(H2,29,31,36). The Morgan fingerprint density at radius 1 is 1.05 bits per heavy atom. The summed E-state index contributed by atoms with van der Waals surface area (Å²) in [6.45, 7) is 1.97. The number of rotatable bonds is 5. The average molecular weight is 514 g/mol. The maximum Gasteiger partial charge on any atom is 0.573 e. The molecule has 1 aliphatic heterocycles. The monoisotopic (exact) mass is 514 g/mol. The lowest BCUT2D eigenvalue weighted by atomic mass is 10.2. The van der Waals surface area contributed by atoms with Crippen LogP contribution in [0.1, 0.15) is 16.2 Å². The second-order valence-corrected chi connectivity index (χ2v) is 8.01. The predicted molar refractivity (Wildman–Crippen MR) is 126 cm³/mol. The van der Waals surface area contributed by atoms with Crippen LogP contribution in [0.3, 0.4) is 0 Å². The molecule has 1 aliphatic rings. The number of nitriles is 1. The fourth-order valence-corrected chi connectivity index (χ4v) is 3.66. The van der Waals surface area contributed by atoms with Crippen LogP contribution in [0.15, 0.2) is 48.8 Å². The van der Waals surface area contributed by atoms with Gasteiger partial charge in [-0.25, -0.2) is 14.8 Å². The molecule has 192 valence electrons. The molecule has 37 heavy (non-hydrogen) atoms. The minimum atomic E-state index is -4.81. The number of alkyl halides is 3. The van der Waals surface area contributed by atoms with Crippen LogP contribution >= 0.6 is 0 Å². The molecule has 3 aromatic rings. The van der Waals surface area contributed by atoms with Gasteiger partial charge in [0.2, 0.25) is 5.82 Å². The topological polar surface area (TPSA) is 128 Å². The lowest BCUT2D eigenvalue weighted by Gasteiger charge is -2.35. The number of hydrogen-bond donors (Lipinski definition) is 2. The van der Waals surface area contributed by atoms with Crippen LogP contribution in [0.2, 0.25) is 0 Å². The zero-order valence-corrected chi connectivity index (χ0v) is 19.5. The number of carbonyl (C=O) groups excluding carboxylic acids is 2. The molecule has 1 fully saturated rings. The van der Waals surface area contributed by atoms with Crippen molar-refractivity contribution < 1.29 is 27.5 Å². The lowest BCUT2D eigenvalue weighted by Crippen LogP contribution is -2.49. The molecule has 1 aromatic carbocycles. The molecular weight excluding hydrogens is 493 g/mol. The Labute approximate surface area is 209 Å². The maximum absolute atomic E-state index is 13.0. The summed E-state index contributed by atoms with van der Waals surface area (Å²) in [4.78, 5) is 37.5. The number of aromatic nitrogens is 3. The Morgan fingerprint density at radius 3 is 2.35 bits per heavy atom. The number of benzene rings is 1. The van der Waals surface area contributed by atoms with Gasteiger partial charge in [-0.1, -0.05) is 0 Å². The van der Waals surface area contributed by atoms with Crippen molar-refractivity contribution in [2.75, 3.05) is 41.7 Å². The second kappa shape index (κ2) is 10.4. The number of ether oxygens (including phenoxy) is 1. The number of imidazole rings is 1. The van der Waals surface area contributed by atoms with Gasteiger partial charge < -0.3 is 24.4 Å². The molecule has 14 heteroatoms. The van der Waals surface area contributed by atoms with E-state index in [0.29, 0.717) is 31.7 Å². The van der Waals surface area contributed by atoms with Gasteiger partial charge in [-0.05, 0) is 36.4 Å². The molecule has 11 nitrogen and oxygen atoms in total. The Kier molecular flexibility index (Phi) is 7.14. The van der Waals surface area contributed by atoms with Crippen molar-refractivity contribution in [3.63, 3.8) is 0 Å². The van der Waals surface area contributed by atoms with E-state index in [2.05, 4.69) is 25.3 Å². The molecule has 0 atom stereocenters. The van der Waals surface area contributed by atoms with Crippen molar-refractivity contribution in [3.8, 4) is 11.8 Å². The lowest BCUT2D eigenvalue weighted by molar-refractivity contribution is -0.274. The van der Waals surface area contributed by atoms with E-state index in [1.165, 1.54) is 29.1 Å². The molecule has 1 saturated heterocycles. The van der Waals surface area contributed by atoms with Crippen molar-refractivity contribution in [1.82, 2.24) is 19.4 Å². The molecule has 0 aliphatic carbocycles. The largest absolute Gasteiger partial charge is 0.573 e. The van der Waals surface area contributed by atoms with Gasteiger partial charge in [-0.2, -0.15) is 5.26 Å². The van der Waals surface area contributed by atoms with Crippen molar-refractivity contribution in [3.05, 3.63) is 60.2 Å². The normalized spacial score (nSPS) is 13.6. The number of urea groups is 1. The quantitative estimate of drug-likeness (QED) is 0.535. The van der Waals surface area contributed by atoms with Crippen LogP contribution in [-0.2, 0) is 7.05 Å². The first kappa shape index (κ1) is 25.3. The Hall–Kier alpha value is -4.80. The minimum absolute atomic E-state index is 0.126. The zero-order valence-electron chi connectivity index (χ0n) is 19.5. The number of amides is 3. The summed E-state index contributed by atoms with van der Waals surface area (Å²) in [6, 6.07) is 9.43. The van der Waals surface area contributed by atoms with E-state index in [1.54, 1.807) is 24.1 Å². The summed E-state index contributed by atoms with van der Waals surface area (Å²) in [7, 11) is 1.62. The molecule has 0 radical (unpaired) electrons. The smallest absolute Gasteiger partial charge is 0.406 e. The summed E-state index contributed by atoms with van der Waals surface area (Å²) in [5.74, 6) is 0.266. The number of hydrogen-bond acceptors (Lipinski definition) is 7. The third kappa shape index (κ3) is 6.45. The first-order valence-electron chi connectivity index (χ1n) is 11.0. The maximum atomic E-state index is 13.0. The number of halogens is 3. The average Bonchev–Trinajstić information content (AvgIpc) is 3.23. The highest BCUT2D eigenvalue weighted by molar-refractivity contribution is 6.00. The van der Waals surface area contributed by atoms with Gasteiger partial charge in [0, 0.05) is 51.3 Å². The van der Waals surface area contributed by atoms with E-state index in [1.807, 2.05) is 11.0 Å². The van der Waals surface area contributed by atoms with E-state index >= 15 is 0 Å². The number of carbonyl (C=O) groups is 2. The first-order chi connectivity index (χ1) is 17.6. The van der Waals surface area contributed by atoms with Gasteiger partial charge in [0.05, 0.1) is 5.56 Å². The van der Waals surface area contributed by atoms with E-state index in [4.69, 9.17) is 5.26 Å². The molecule has 0 spiro atoms. The van der Waals surface area contributed by atoms with Crippen LogP contribution in [0.4, 0.5) is 35.3 Å². The third-order valence-corrected chi connectivity index (χ3v) is 5.42. The molecule has 0 saturated carbocycles. The van der Waals surface area contributed by atoms with Gasteiger partial charge in [0.25, 0.3) is 5.91 Å². The van der Waals surface area contributed by atoms with Crippen LogP contribution < -0.4 is 20.3 Å². The SMILES string of the molecule is Cn1cc(NC(=O)Nc2ccc(OC(F)(F)F)cc2)nc1C(=O)N1CCN(c2ccc(C#N)cn2)CC1. The predicted octanol–water partition coefficient (Wildman–Crippen LogP) is 3.19. The Bertz CT molecular complexity index is 1310. The van der Waals surface area contributed by atoms with Gasteiger partial charge in [-0.3, -0.25) is 10.1 Å². The number of aryl methyl sites for hydroxylation is 1. The van der Waals surface area contributed by atoms with Crippen molar-refractivity contribution in [2.24, 2.45) is 7.05 Å². The number of piperazine rings is 1. The van der Waals surface area contributed by atoms with Crippen molar-refractivity contribution >= 4 is 29.3 Å². The summed E-state index contributed by atoms with van der Waals surface area (Å²) in [6.07, 6.45) is -1.83. The number of nitrogens with one attached hydrogen (secondary N) is 2. The second-order valence-electron chi connectivity index (χ2n) is 8.01. The summed E-state index contributed by atoms with van der Waals surface area (Å²) < 4.78 is 42.1. The van der Waals surface area contributed by atoms with Gasteiger partial charge in [-0.15, -0.1) is 13.2 Å². The van der Waals surface area contributed by atoms with Gasteiger partial charge >= 0.3 is 12.4 Å². The zero-order chi connectivity index (χ0) is 26.6. The van der Waals surface area contributed by atoms with Crippen LogP contribution in [0.25, 0.3) is 0 Å². The first-order valence-corrected chi connectivity index (χ1v) is 11.0. The highest BCUT2D eigenvalue weighted by Crippen LogP contribution is 2.24. The van der Waals surface area contributed by atoms with E-state index in [-0.39, 0.29) is 23.2 Å². The summed E-state index contributed by atoms with van der Waals surface area (Å²) >= 11 is 0. The highest BCUT2D eigenvalue weighted by Gasteiger charge is 2.31. The van der Waals surface area contributed by atoms with Crippen LogP contribution in [-0.4, -0.2) is 63.9 Å². The fraction of sp³-hybridized carbons (Fsp3) is 0.261. The molecule has 3 heterocycles. The van der Waals surface area contributed by atoms with Crippen molar-refractivity contribution in [1.29, 1.82) is 5.26 Å². The molecule has 0 bridgehead atoms.